The van der Waals surface area contributed by atoms with Gasteiger partial charge in [-0.05, 0) is 43.7 Å². The van der Waals surface area contributed by atoms with Gasteiger partial charge in [0.05, 0.1) is 12.1 Å². The van der Waals surface area contributed by atoms with Crippen LogP contribution in [0.3, 0.4) is 0 Å². The molecule has 1 N–H and O–H groups in total. The summed E-state index contributed by atoms with van der Waals surface area (Å²) in [6.07, 6.45) is 3.71. The molecule has 0 fully saturated rings. The van der Waals surface area contributed by atoms with Crippen molar-refractivity contribution in [2.45, 2.75) is 20.0 Å². The third-order valence-corrected chi connectivity index (χ3v) is 5.71. The Hall–Kier alpha value is -2.73. The molecule has 0 saturated heterocycles. The molecule has 0 unspecified atom stereocenters. The molecule has 0 radical (unpaired) electrons. The molecule has 0 aliphatic carbocycles. The number of rotatable bonds is 4. The fraction of sp³-hybridized carbons (Fsp3) is 0.250. The van der Waals surface area contributed by atoms with Crippen LogP contribution in [0.15, 0.2) is 48.8 Å². The molecule has 0 bridgehead atoms. The normalized spacial score (nSPS) is 15.7. The van der Waals surface area contributed by atoms with E-state index in [1.54, 1.807) is 11.3 Å². The largest absolute Gasteiger partial charge is 0.486 e. The number of hydrogen-bond acceptors (Lipinski definition) is 4. The molecule has 134 valence electrons. The van der Waals surface area contributed by atoms with Gasteiger partial charge in [0.25, 0.3) is 5.91 Å². The van der Waals surface area contributed by atoms with Crippen LogP contribution in [0.5, 0.6) is 11.5 Å². The molecule has 1 aromatic carbocycles. The second-order valence-corrected chi connectivity index (χ2v) is 7.46. The Morgan fingerprint density at radius 2 is 1.92 bits per heavy atom. The number of thiophene rings is 1. The molecule has 1 amide bonds. The van der Waals surface area contributed by atoms with E-state index in [0.29, 0.717) is 18.9 Å². The molecular weight excluding hydrogens is 348 g/mol. The number of benzene rings is 1. The van der Waals surface area contributed by atoms with Crippen molar-refractivity contribution in [2.24, 2.45) is 0 Å². The van der Waals surface area contributed by atoms with Gasteiger partial charge >= 0.3 is 0 Å². The molecule has 4 rings (SSSR count). The summed E-state index contributed by atoms with van der Waals surface area (Å²) < 4.78 is 13.6. The lowest BCUT2D eigenvalue weighted by Gasteiger charge is -2.26. The molecular formula is C20H20N2O3S. The summed E-state index contributed by atoms with van der Waals surface area (Å²) in [4.78, 5) is 14.0. The molecule has 2 aromatic heterocycles. The highest BCUT2D eigenvalue weighted by molar-refractivity contribution is 7.15. The Labute approximate surface area is 156 Å². The van der Waals surface area contributed by atoms with E-state index in [2.05, 4.69) is 5.32 Å². The zero-order chi connectivity index (χ0) is 18.1. The van der Waals surface area contributed by atoms with Gasteiger partial charge in [-0.25, -0.2) is 0 Å². The monoisotopic (exact) mass is 368 g/mol. The zero-order valence-electron chi connectivity index (χ0n) is 14.7. The molecule has 3 aromatic rings. The lowest BCUT2D eigenvalue weighted by molar-refractivity contribution is 0.0789. The maximum Gasteiger partial charge on any atom is 0.254 e. The van der Waals surface area contributed by atoms with E-state index >= 15 is 0 Å². The number of para-hydroxylation sites is 2. The Bertz CT molecular complexity index is 931. The van der Waals surface area contributed by atoms with Crippen molar-refractivity contribution in [3.63, 3.8) is 0 Å². The SMILES string of the molecule is Cc1sc(-n2cccc2)c(C(=O)NC[C@@H]2COc3ccccc3O2)c1C. The van der Waals surface area contributed by atoms with E-state index in [-0.39, 0.29) is 12.0 Å². The second kappa shape index (κ2) is 6.88. The Balaban J connectivity index is 1.48. The maximum atomic E-state index is 12.9. The van der Waals surface area contributed by atoms with Gasteiger partial charge < -0.3 is 19.4 Å². The molecule has 6 heteroatoms. The van der Waals surface area contributed by atoms with Crippen LogP contribution in [0, 0.1) is 13.8 Å². The lowest BCUT2D eigenvalue weighted by atomic mass is 10.1. The summed E-state index contributed by atoms with van der Waals surface area (Å²) >= 11 is 1.63. The van der Waals surface area contributed by atoms with Crippen molar-refractivity contribution in [1.29, 1.82) is 0 Å². The number of ether oxygens (including phenoxy) is 2. The van der Waals surface area contributed by atoms with Crippen molar-refractivity contribution in [3.05, 3.63) is 64.8 Å². The number of aromatic nitrogens is 1. The third kappa shape index (κ3) is 3.08. The van der Waals surface area contributed by atoms with Gasteiger partial charge in [0.1, 0.15) is 17.7 Å². The van der Waals surface area contributed by atoms with Gasteiger partial charge in [-0.1, -0.05) is 12.1 Å². The topological polar surface area (TPSA) is 52.5 Å². The molecule has 1 aliphatic heterocycles. The van der Waals surface area contributed by atoms with Crippen molar-refractivity contribution in [3.8, 4) is 16.5 Å². The molecule has 0 saturated carbocycles. The Morgan fingerprint density at radius 3 is 2.69 bits per heavy atom. The quantitative estimate of drug-likeness (QED) is 0.763. The predicted octanol–water partition coefficient (Wildman–Crippen LogP) is 3.73. The van der Waals surface area contributed by atoms with Crippen LogP contribution in [-0.2, 0) is 0 Å². The first kappa shape index (κ1) is 16.7. The van der Waals surface area contributed by atoms with E-state index in [4.69, 9.17) is 9.47 Å². The maximum absolute atomic E-state index is 12.9. The fourth-order valence-corrected chi connectivity index (χ4v) is 4.11. The molecule has 0 spiro atoms. The standard InChI is InChI=1S/C20H20N2O3S/c1-13-14(2)26-20(22-9-5-6-10-22)18(13)19(23)21-11-15-12-24-16-7-3-4-8-17(16)25-15/h3-10,15H,11-12H2,1-2H3,(H,21,23)/t15-/m1/s1. The number of amides is 1. The number of hydrogen-bond donors (Lipinski definition) is 1. The molecule has 26 heavy (non-hydrogen) atoms. The van der Waals surface area contributed by atoms with Gasteiger partial charge in [-0.2, -0.15) is 0 Å². The van der Waals surface area contributed by atoms with Crippen LogP contribution >= 0.6 is 11.3 Å². The molecule has 3 heterocycles. The van der Waals surface area contributed by atoms with Gasteiger partial charge in [0.2, 0.25) is 0 Å². The number of carbonyl (C=O) groups is 1. The van der Waals surface area contributed by atoms with Crippen molar-refractivity contribution in [2.75, 3.05) is 13.2 Å². The number of nitrogens with zero attached hydrogens (tertiary/aromatic N) is 1. The summed E-state index contributed by atoms with van der Waals surface area (Å²) in [5, 5.41) is 3.94. The average molecular weight is 368 g/mol. The first-order valence-electron chi connectivity index (χ1n) is 8.53. The summed E-state index contributed by atoms with van der Waals surface area (Å²) in [6, 6.07) is 11.5. The molecule has 5 nitrogen and oxygen atoms in total. The Kier molecular flexibility index (Phi) is 4.42. The van der Waals surface area contributed by atoms with Crippen molar-refractivity contribution >= 4 is 17.2 Å². The van der Waals surface area contributed by atoms with Crippen molar-refractivity contribution in [1.82, 2.24) is 9.88 Å². The van der Waals surface area contributed by atoms with Crippen LogP contribution in [0.1, 0.15) is 20.8 Å². The van der Waals surface area contributed by atoms with E-state index in [0.717, 1.165) is 26.8 Å². The minimum absolute atomic E-state index is 0.0852. The number of aryl methyl sites for hydroxylation is 1. The summed E-state index contributed by atoms with van der Waals surface area (Å²) in [5.74, 6) is 1.38. The Morgan fingerprint density at radius 1 is 1.19 bits per heavy atom. The van der Waals surface area contributed by atoms with Crippen LogP contribution in [-0.4, -0.2) is 29.7 Å². The lowest BCUT2D eigenvalue weighted by Crippen LogP contribution is -2.41. The minimum Gasteiger partial charge on any atom is -0.486 e. The summed E-state index contributed by atoms with van der Waals surface area (Å²) in [5.41, 5.74) is 1.74. The highest BCUT2D eigenvalue weighted by atomic mass is 32.1. The fourth-order valence-electron chi connectivity index (χ4n) is 2.99. The number of nitrogens with one attached hydrogen (secondary N) is 1. The van der Waals surface area contributed by atoms with Crippen LogP contribution in [0.2, 0.25) is 0 Å². The van der Waals surface area contributed by atoms with Crippen LogP contribution in [0.4, 0.5) is 0 Å². The van der Waals surface area contributed by atoms with E-state index < -0.39 is 0 Å². The summed E-state index contributed by atoms with van der Waals surface area (Å²) in [7, 11) is 0. The highest BCUT2D eigenvalue weighted by Crippen LogP contribution is 2.32. The smallest absolute Gasteiger partial charge is 0.254 e. The second-order valence-electron chi connectivity index (χ2n) is 6.26. The molecule has 1 atom stereocenters. The third-order valence-electron chi connectivity index (χ3n) is 4.49. The highest BCUT2D eigenvalue weighted by Gasteiger charge is 2.24. The number of carbonyl (C=O) groups excluding carboxylic acids is 1. The predicted molar refractivity (Wildman–Crippen MR) is 102 cm³/mol. The van der Waals surface area contributed by atoms with Gasteiger partial charge in [-0.15, -0.1) is 11.3 Å². The van der Waals surface area contributed by atoms with Crippen molar-refractivity contribution < 1.29 is 14.3 Å². The zero-order valence-corrected chi connectivity index (χ0v) is 15.5. The van der Waals surface area contributed by atoms with Crippen LogP contribution in [0.25, 0.3) is 5.00 Å². The molecule has 1 aliphatic rings. The van der Waals surface area contributed by atoms with E-state index in [9.17, 15) is 4.79 Å². The van der Waals surface area contributed by atoms with E-state index in [1.165, 1.54) is 0 Å². The van der Waals surface area contributed by atoms with Crippen LogP contribution < -0.4 is 14.8 Å². The van der Waals surface area contributed by atoms with Gasteiger partial charge in [0.15, 0.2) is 11.5 Å². The first-order valence-corrected chi connectivity index (χ1v) is 9.35. The minimum atomic E-state index is -0.205. The summed E-state index contributed by atoms with van der Waals surface area (Å²) in [6.45, 7) is 4.85. The average Bonchev–Trinajstić information content (AvgIpc) is 3.28. The first-order chi connectivity index (χ1) is 12.6. The van der Waals surface area contributed by atoms with Gasteiger partial charge in [-0.3, -0.25) is 4.79 Å². The number of fused-ring (bicyclic) bond motifs is 1. The van der Waals surface area contributed by atoms with E-state index in [1.807, 2.05) is 67.2 Å². The van der Waals surface area contributed by atoms with Gasteiger partial charge in [0, 0.05) is 17.3 Å².